The van der Waals surface area contributed by atoms with E-state index in [2.05, 4.69) is 0 Å². The van der Waals surface area contributed by atoms with Crippen LogP contribution in [0.15, 0.2) is 54.6 Å². The van der Waals surface area contributed by atoms with Crippen LogP contribution in [0.5, 0.6) is 5.75 Å². The van der Waals surface area contributed by atoms with Gasteiger partial charge in [-0.2, -0.15) is 0 Å². The minimum Gasteiger partial charge on any atom is -0.463 e. The van der Waals surface area contributed by atoms with Gasteiger partial charge in [0, 0.05) is 5.56 Å². The molecule has 23 heavy (non-hydrogen) atoms. The molecule has 0 aliphatic rings. The predicted molar refractivity (Wildman–Crippen MR) is 89.2 cm³/mol. The van der Waals surface area contributed by atoms with Crippen molar-refractivity contribution in [1.82, 2.24) is 0 Å². The van der Waals surface area contributed by atoms with Crippen LogP contribution in [0, 0.1) is 6.92 Å². The molecule has 4 heteroatoms. The molecule has 0 atom stereocenters. The van der Waals surface area contributed by atoms with Crippen LogP contribution in [-0.4, -0.2) is 19.3 Å². The first kappa shape index (κ1) is 18.6. The molecule has 2 rings (SSSR count). The van der Waals surface area contributed by atoms with Crippen molar-refractivity contribution in [1.29, 1.82) is 0 Å². The molecule has 0 bridgehead atoms. The molecule has 0 radical (unpaired) electrons. The van der Waals surface area contributed by atoms with Crippen molar-refractivity contribution >= 4 is 11.9 Å². The summed E-state index contributed by atoms with van der Waals surface area (Å²) in [6.45, 7) is 2.34. The Bertz CT molecular complexity index is 617. The first-order valence-electron chi connectivity index (χ1n) is 7.24. The van der Waals surface area contributed by atoms with Crippen LogP contribution in [-0.2, 0) is 0 Å². The van der Waals surface area contributed by atoms with E-state index in [1.54, 1.807) is 42.5 Å². The largest absolute Gasteiger partial charge is 0.463 e. The summed E-state index contributed by atoms with van der Waals surface area (Å²) in [7, 11) is 0. The highest BCUT2D eigenvalue weighted by Gasteiger charge is 2.00. The fourth-order valence-corrected chi connectivity index (χ4v) is 1.72. The molecule has 0 heterocycles. The zero-order valence-electron chi connectivity index (χ0n) is 13.3. The predicted octanol–water partition coefficient (Wildman–Crippen LogP) is 5.17. The van der Waals surface area contributed by atoms with Gasteiger partial charge in [-0.25, -0.2) is 4.39 Å². The van der Waals surface area contributed by atoms with Crippen molar-refractivity contribution in [3.63, 3.8) is 0 Å². The first-order valence-corrected chi connectivity index (χ1v) is 7.24. The lowest BCUT2D eigenvalue weighted by Crippen LogP contribution is -1.93. The van der Waals surface area contributed by atoms with Crippen molar-refractivity contribution in [2.45, 2.75) is 13.8 Å². The van der Waals surface area contributed by atoms with Crippen LogP contribution >= 0.6 is 0 Å². The molecular formula is C19H20F2O2. The summed E-state index contributed by atoms with van der Waals surface area (Å²) >= 11 is 0. The number of halogens is 2. The molecule has 0 saturated heterocycles. The van der Waals surface area contributed by atoms with Gasteiger partial charge >= 0.3 is 0 Å². The van der Waals surface area contributed by atoms with Crippen LogP contribution in [0.4, 0.5) is 8.78 Å². The van der Waals surface area contributed by atoms with Crippen molar-refractivity contribution in [2.75, 3.05) is 13.5 Å². The lowest BCUT2D eigenvalue weighted by atomic mass is 10.1. The van der Waals surface area contributed by atoms with Crippen molar-refractivity contribution in [2.24, 2.45) is 0 Å². The van der Waals surface area contributed by atoms with E-state index < -0.39 is 6.86 Å². The van der Waals surface area contributed by atoms with E-state index >= 15 is 0 Å². The van der Waals surface area contributed by atoms with Gasteiger partial charge in [0.1, 0.15) is 5.75 Å². The number of benzene rings is 2. The monoisotopic (exact) mass is 318 g/mol. The average Bonchev–Trinajstić information content (AvgIpc) is 2.56. The highest BCUT2D eigenvalue weighted by atomic mass is 19.1. The maximum Gasteiger partial charge on any atom is 0.228 e. The van der Waals surface area contributed by atoms with Crippen LogP contribution in [0.25, 0.3) is 6.08 Å². The quantitative estimate of drug-likeness (QED) is 0.561. The highest BCUT2D eigenvalue weighted by Crippen LogP contribution is 2.14. The van der Waals surface area contributed by atoms with E-state index in [1.165, 1.54) is 13.0 Å². The number of hydrogen-bond acceptors (Lipinski definition) is 2. The Kier molecular flexibility index (Phi) is 8.29. The summed E-state index contributed by atoms with van der Waals surface area (Å²) in [5.41, 5.74) is 2.63. The van der Waals surface area contributed by atoms with Crippen molar-refractivity contribution in [3.05, 3.63) is 71.3 Å². The molecule has 2 aromatic rings. The normalized spacial score (nSPS) is 10.1. The van der Waals surface area contributed by atoms with E-state index in [1.807, 2.05) is 19.1 Å². The number of hydrogen-bond donors (Lipinski definition) is 0. The molecule has 0 amide bonds. The lowest BCUT2D eigenvalue weighted by Gasteiger charge is -2.00. The Balaban J connectivity index is 0.000000816. The number of rotatable bonds is 5. The second-order valence-corrected chi connectivity index (χ2v) is 4.65. The standard InChI is InChI=1S/C17H15FO2.C2H5F/c1-13-2-7-15(8-3-13)17(19)11-6-14-4-9-16(10-5-14)20-12-18;1-2-3/h2-11H,12H2,1H3;2H2,1H3. The van der Waals surface area contributed by atoms with Crippen molar-refractivity contribution in [3.8, 4) is 5.75 Å². The third-order valence-corrected chi connectivity index (χ3v) is 2.86. The number of allylic oxidation sites excluding steroid dienone is 1. The zero-order chi connectivity index (χ0) is 17.1. The molecule has 0 aromatic heterocycles. The summed E-state index contributed by atoms with van der Waals surface area (Å²) in [6.07, 6.45) is 3.25. The number of ether oxygens (including phenoxy) is 1. The molecule has 0 unspecified atom stereocenters. The third kappa shape index (κ3) is 6.87. The van der Waals surface area contributed by atoms with Gasteiger partial charge in [0.15, 0.2) is 5.78 Å². The van der Waals surface area contributed by atoms with Crippen LogP contribution < -0.4 is 4.74 Å². The molecule has 2 nitrogen and oxygen atoms in total. The fraction of sp³-hybridized carbons (Fsp3) is 0.211. The van der Waals surface area contributed by atoms with Crippen molar-refractivity contribution < 1.29 is 18.3 Å². The van der Waals surface area contributed by atoms with Gasteiger partial charge in [-0.1, -0.05) is 48.0 Å². The highest BCUT2D eigenvalue weighted by molar-refractivity contribution is 6.06. The topological polar surface area (TPSA) is 26.3 Å². The van der Waals surface area contributed by atoms with E-state index in [4.69, 9.17) is 4.74 Å². The van der Waals surface area contributed by atoms with Gasteiger partial charge in [0.2, 0.25) is 6.86 Å². The molecule has 0 N–H and O–H groups in total. The summed E-state index contributed by atoms with van der Waals surface area (Å²) in [5.74, 6) is 0.420. The zero-order valence-corrected chi connectivity index (χ0v) is 13.3. The van der Waals surface area contributed by atoms with E-state index in [9.17, 15) is 13.6 Å². The number of aryl methyl sites for hydroxylation is 1. The van der Waals surface area contributed by atoms with E-state index in [0.29, 0.717) is 11.3 Å². The molecule has 122 valence electrons. The summed E-state index contributed by atoms with van der Waals surface area (Å²) in [4.78, 5) is 11.9. The Morgan fingerprint density at radius 1 is 1.04 bits per heavy atom. The number of carbonyl (C=O) groups excluding carboxylic acids is 1. The minimum absolute atomic E-state index is 0.0471. The number of carbonyl (C=O) groups is 1. The molecule has 0 fully saturated rings. The molecule has 0 aliphatic carbocycles. The smallest absolute Gasteiger partial charge is 0.228 e. The minimum atomic E-state index is -0.846. The Hall–Kier alpha value is -2.49. The summed E-state index contributed by atoms with van der Waals surface area (Å²) in [6, 6.07) is 14.3. The summed E-state index contributed by atoms with van der Waals surface area (Å²) < 4.78 is 27.0. The van der Waals surface area contributed by atoms with Gasteiger partial charge in [-0.3, -0.25) is 9.18 Å². The first-order chi connectivity index (χ1) is 11.1. The van der Waals surface area contributed by atoms with E-state index in [0.717, 1.165) is 11.1 Å². The van der Waals surface area contributed by atoms with Crippen LogP contribution in [0.1, 0.15) is 28.4 Å². The van der Waals surface area contributed by atoms with Crippen LogP contribution in [0.2, 0.25) is 0 Å². The Labute approximate surface area is 135 Å². The Morgan fingerprint density at radius 2 is 1.61 bits per heavy atom. The Morgan fingerprint density at radius 3 is 2.13 bits per heavy atom. The second kappa shape index (κ2) is 10.3. The van der Waals surface area contributed by atoms with Gasteiger partial charge in [0.25, 0.3) is 0 Å². The molecule has 0 saturated carbocycles. The second-order valence-electron chi connectivity index (χ2n) is 4.65. The molecular weight excluding hydrogens is 298 g/mol. The average molecular weight is 318 g/mol. The molecule has 0 aliphatic heterocycles. The van der Waals surface area contributed by atoms with Gasteiger partial charge < -0.3 is 4.74 Å². The maximum absolute atomic E-state index is 12.0. The maximum atomic E-state index is 12.0. The van der Waals surface area contributed by atoms with Gasteiger partial charge in [0.05, 0.1) is 6.67 Å². The van der Waals surface area contributed by atoms with E-state index in [-0.39, 0.29) is 12.5 Å². The van der Waals surface area contributed by atoms with Gasteiger partial charge in [-0.05, 0) is 37.6 Å². The molecule has 2 aromatic carbocycles. The third-order valence-electron chi connectivity index (χ3n) is 2.86. The SMILES string of the molecule is CCF.Cc1ccc(C(=O)C=Cc2ccc(OCF)cc2)cc1. The lowest BCUT2D eigenvalue weighted by molar-refractivity contribution is 0.104. The number of ketones is 1. The number of alkyl halides is 2. The summed E-state index contributed by atoms with van der Waals surface area (Å²) in [5, 5.41) is 0. The fourth-order valence-electron chi connectivity index (χ4n) is 1.72. The van der Waals surface area contributed by atoms with Crippen LogP contribution in [0.3, 0.4) is 0 Å². The van der Waals surface area contributed by atoms with Gasteiger partial charge in [-0.15, -0.1) is 0 Å². The molecule has 0 spiro atoms.